The van der Waals surface area contributed by atoms with Crippen molar-refractivity contribution in [2.45, 2.75) is 63.4 Å². The minimum Gasteiger partial charge on any atom is -0.490 e. The summed E-state index contributed by atoms with van der Waals surface area (Å²) in [4.78, 5) is 37.1. The SMILES string of the molecule is CC(=O)C(O)C(O)C(=O)O.O=C(Cc1ccc(OC2CCN(C3CC3)CC2)cc1)CN1CCOCC1. The number of hydrogen-bond donors (Lipinski definition) is 3. The molecule has 2 aliphatic heterocycles. The van der Waals surface area contributed by atoms with Crippen LogP contribution in [0.25, 0.3) is 0 Å². The number of likely N-dealkylation sites (tertiary alicyclic amines) is 1. The van der Waals surface area contributed by atoms with Gasteiger partial charge in [-0.05, 0) is 50.3 Å². The predicted octanol–water partition coefficient (Wildman–Crippen LogP) is 0.518. The molecular formula is C26H38N2O8. The highest BCUT2D eigenvalue weighted by molar-refractivity contribution is 5.87. The van der Waals surface area contributed by atoms with Crippen molar-refractivity contribution >= 4 is 17.5 Å². The molecule has 0 amide bonds. The quantitative estimate of drug-likeness (QED) is 0.412. The molecule has 0 bridgehead atoms. The van der Waals surface area contributed by atoms with Crippen molar-refractivity contribution in [3.8, 4) is 5.75 Å². The van der Waals surface area contributed by atoms with Gasteiger partial charge in [0.25, 0.3) is 0 Å². The Bertz CT molecular complexity index is 841. The number of piperidine rings is 1. The lowest BCUT2D eigenvalue weighted by atomic mass is 10.1. The largest absolute Gasteiger partial charge is 0.490 e. The van der Waals surface area contributed by atoms with Crippen LogP contribution in [0.4, 0.5) is 0 Å². The van der Waals surface area contributed by atoms with Gasteiger partial charge in [-0.3, -0.25) is 14.5 Å². The first-order valence-corrected chi connectivity index (χ1v) is 12.6. The van der Waals surface area contributed by atoms with Crippen molar-refractivity contribution in [2.24, 2.45) is 0 Å². The van der Waals surface area contributed by atoms with Crippen LogP contribution in [0.2, 0.25) is 0 Å². The number of hydrogen-bond acceptors (Lipinski definition) is 9. The molecule has 3 N–H and O–H groups in total. The Balaban J connectivity index is 0.000000308. The van der Waals surface area contributed by atoms with Gasteiger partial charge in [0.15, 0.2) is 17.7 Å². The topological polar surface area (TPSA) is 137 Å². The zero-order chi connectivity index (χ0) is 26.1. The van der Waals surface area contributed by atoms with E-state index in [1.165, 1.54) is 25.9 Å². The molecule has 1 aliphatic carbocycles. The molecule has 3 aliphatic rings. The molecule has 4 rings (SSSR count). The Morgan fingerprint density at radius 1 is 0.972 bits per heavy atom. The summed E-state index contributed by atoms with van der Waals surface area (Å²) in [6, 6.07) is 8.97. The summed E-state index contributed by atoms with van der Waals surface area (Å²) in [7, 11) is 0. The first kappa shape index (κ1) is 28.2. The Labute approximate surface area is 211 Å². The van der Waals surface area contributed by atoms with Crippen molar-refractivity contribution in [3.63, 3.8) is 0 Å². The highest BCUT2D eigenvalue weighted by Crippen LogP contribution is 2.30. The van der Waals surface area contributed by atoms with Crippen molar-refractivity contribution in [1.29, 1.82) is 0 Å². The third kappa shape index (κ3) is 9.25. The van der Waals surface area contributed by atoms with Crippen molar-refractivity contribution in [1.82, 2.24) is 9.80 Å². The maximum Gasteiger partial charge on any atom is 0.335 e. The number of morpholine rings is 1. The van der Waals surface area contributed by atoms with Crippen molar-refractivity contribution in [2.75, 3.05) is 45.9 Å². The highest BCUT2D eigenvalue weighted by atomic mass is 16.5. The maximum absolute atomic E-state index is 12.3. The third-order valence-electron chi connectivity index (χ3n) is 6.64. The lowest BCUT2D eigenvalue weighted by Crippen LogP contribution is -2.39. The van der Waals surface area contributed by atoms with Gasteiger partial charge in [-0.25, -0.2) is 4.79 Å². The van der Waals surface area contributed by atoms with E-state index >= 15 is 0 Å². The van der Waals surface area contributed by atoms with E-state index in [4.69, 9.17) is 24.8 Å². The van der Waals surface area contributed by atoms with Crippen LogP contribution in [0.1, 0.15) is 38.2 Å². The first-order chi connectivity index (χ1) is 17.2. The molecule has 10 heteroatoms. The molecule has 36 heavy (non-hydrogen) atoms. The molecule has 200 valence electrons. The van der Waals surface area contributed by atoms with E-state index in [0.29, 0.717) is 19.1 Å². The van der Waals surface area contributed by atoms with Crippen LogP contribution >= 0.6 is 0 Å². The Morgan fingerprint density at radius 3 is 2.08 bits per heavy atom. The van der Waals surface area contributed by atoms with E-state index in [2.05, 4.69) is 9.80 Å². The molecule has 0 radical (unpaired) electrons. The molecule has 0 spiro atoms. The third-order valence-corrected chi connectivity index (χ3v) is 6.64. The number of carbonyl (C=O) groups is 3. The summed E-state index contributed by atoms with van der Waals surface area (Å²) in [6.07, 6.45) is 2.01. The van der Waals surface area contributed by atoms with E-state index in [1.807, 2.05) is 24.3 Å². The Hall–Kier alpha value is -2.37. The molecule has 2 atom stereocenters. The normalized spacial score (nSPS) is 21.1. The predicted molar refractivity (Wildman–Crippen MR) is 131 cm³/mol. The summed E-state index contributed by atoms with van der Waals surface area (Å²) in [5.41, 5.74) is 1.07. The van der Waals surface area contributed by atoms with E-state index in [1.54, 1.807) is 0 Å². The van der Waals surface area contributed by atoms with Crippen LogP contribution < -0.4 is 4.74 Å². The van der Waals surface area contributed by atoms with E-state index < -0.39 is 24.0 Å². The zero-order valence-electron chi connectivity index (χ0n) is 20.9. The molecule has 2 unspecified atom stereocenters. The van der Waals surface area contributed by atoms with Gasteiger partial charge in [0.05, 0.1) is 19.8 Å². The number of ether oxygens (including phenoxy) is 2. The summed E-state index contributed by atoms with van der Waals surface area (Å²) in [5, 5.41) is 25.1. The van der Waals surface area contributed by atoms with E-state index in [-0.39, 0.29) is 5.78 Å². The summed E-state index contributed by atoms with van der Waals surface area (Å²) in [5.74, 6) is -1.18. The number of carboxylic acid groups (broad SMARTS) is 1. The average molecular weight is 507 g/mol. The highest BCUT2D eigenvalue weighted by Gasteiger charge is 2.32. The van der Waals surface area contributed by atoms with Crippen LogP contribution in [0.5, 0.6) is 5.75 Å². The molecule has 1 saturated carbocycles. The number of rotatable bonds is 10. The molecule has 1 aromatic rings. The summed E-state index contributed by atoms with van der Waals surface area (Å²) >= 11 is 0. The summed E-state index contributed by atoms with van der Waals surface area (Å²) < 4.78 is 11.5. The fraction of sp³-hybridized carbons (Fsp3) is 0.654. The zero-order valence-corrected chi connectivity index (χ0v) is 20.9. The molecule has 3 fully saturated rings. The fourth-order valence-corrected chi connectivity index (χ4v) is 4.33. The second kappa shape index (κ2) is 13.8. The van der Waals surface area contributed by atoms with Gasteiger partial charge < -0.3 is 29.7 Å². The van der Waals surface area contributed by atoms with Gasteiger partial charge in [0, 0.05) is 38.6 Å². The van der Waals surface area contributed by atoms with Crippen LogP contribution in [0.3, 0.4) is 0 Å². The number of nitrogens with zero attached hydrogens (tertiary/aromatic N) is 2. The number of aliphatic hydroxyl groups is 2. The van der Waals surface area contributed by atoms with Gasteiger partial charge in [0.1, 0.15) is 18.0 Å². The fourth-order valence-electron chi connectivity index (χ4n) is 4.33. The molecule has 10 nitrogen and oxygen atoms in total. The van der Waals surface area contributed by atoms with Crippen LogP contribution in [0, 0.1) is 0 Å². The maximum atomic E-state index is 12.3. The standard InChI is InChI=1S/C21H30N2O3.C5H8O5/c24-19(16-22-11-13-25-14-12-22)15-17-1-5-20(6-2-17)26-21-7-9-23(10-8-21)18-3-4-18;1-2(6)3(7)4(8)5(9)10/h1-2,5-6,18,21H,3-4,7-16H2;3-4,7-8H,1H3,(H,9,10). The summed E-state index contributed by atoms with van der Waals surface area (Å²) in [6.45, 7) is 7.05. The molecule has 1 aromatic carbocycles. The van der Waals surface area contributed by atoms with Gasteiger partial charge >= 0.3 is 5.97 Å². The van der Waals surface area contributed by atoms with Crippen LogP contribution in [0.15, 0.2) is 24.3 Å². The van der Waals surface area contributed by atoms with Crippen LogP contribution in [-0.2, 0) is 25.5 Å². The lowest BCUT2D eigenvalue weighted by Gasteiger charge is -2.32. The minimum absolute atomic E-state index is 0.271. The number of carboxylic acids is 1. The Morgan fingerprint density at radius 2 is 1.58 bits per heavy atom. The van der Waals surface area contributed by atoms with Crippen LogP contribution in [-0.4, -0.2) is 113 Å². The number of carbonyl (C=O) groups excluding carboxylic acids is 2. The second-order valence-corrected chi connectivity index (χ2v) is 9.67. The molecule has 2 heterocycles. The van der Waals surface area contributed by atoms with Crippen molar-refractivity contribution in [3.05, 3.63) is 29.8 Å². The number of benzene rings is 1. The molecular weight excluding hydrogens is 468 g/mol. The Kier molecular flexibility index (Phi) is 10.8. The van der Waals surface area contributed by atoms with Gasteiger partial charge in [0.2, 0.25) is 0 Å². The van der Waals surface area contributed by atoms with Crippen molar-refractivity contribution < 1.29 is 39.2 Å². The lowest BCUT2D eigenvalue weighted by molar-refractivity contribution is -0.156. The van der Waals surface area contributed by atoms with Gasteiger partial charge in [-0.2, -0.15) is 0 Å². The minimum atomic E-state index is -2.02. The van der Waals surface area contributed by atoms with E-state index in [9.17, 15) is 14.4 Å². The smallest absolute Gasteiger partial charge is 0.335 e. The first-order valence-electron chi connectivity index (χ1n) is 12.6. The molecule has 0 aromatic heterocycles. The monoisotopic (exact) mass is 506 g/mol. The van der Waals surface area contributed by atoms with Gasteiger partial charge in [-0.1, -0.05) is 12.1 Å². The molecule has 2 saturated heterocycles. The number of ketones is 2. The van der Waals surface area contributed by atoms with E-state index in [0.717, 1.165) is 63.4 Å². The average Bonchev–Trinajstić information content (AvgIpc) is 3.71. The second-order valence-electron chi connectivity index (χ2n) is 9.67. The van der Waals surface area contributed by atoms with Gasteiger partial charge in [-0.15, -0.1) is 0 Å². The number of aliphatic carboxylic acids is 1. The number of Topliss-reactive ketones (excluding diaryl/α,β-unsaturated/α-hetero) is 2. The number of aliphatic hydroxyl groups excluding tert-OH is 2.